The number of ether oxygens (including phenoxy) is 1. The average molecular weight is 340 g/mol. The van der Waals surface area contributed by atoms with Gasteiger partial charge < -0.3 is 4.74 Å². The Kier molecular flexibility index (Phi) is 5.70. The molecule has 2 rings (SSSR count). The molecule has 1 aromatic rings. The molecule has 130 valence electrons. The lowest BCUT2D eigenvalue weighted by atomic mass is 10.0. The number of benzene rings is 1. The van der Waals surface area contributed by atoms with Crippen LogP contribution < -0.4 is 9.46 Å². The van der Waals surface area contributed by atoms with Gasteiger partial charge in [-0.2, -0.15) is 0 Å². The third kappa shape index (κ3) is 4.93. The van der Waals surface area contributed by atoms with Gasteiger partial charge in [0.1, 0.15) is 5.75 Å². The zero-order valence-electron chi connectivity index (χ0n) is 14.5. The molecule has 0 amide bonds. The highest BCUT2D eigenvalue weighted by molar-refractivity contribution is 7.89. The third-order valence-electron chi connectivity index (χ3n) is 4.16. The summed E-state index contributed by atoms with van der Waals surface area (Å²) in [5.74, 6) is 0.677. The number of nitrogens with one attached hydrogen (secondary N) is 1. The topological polar surface area (TPSA) is 58.6 Å². The fourth-order valence-corrected chi connectivity index (χ4v) is 3.96. The first-order chi connectivity index (χ1) is 10.7. The van der Waals surface area contributed by atoms with Gasteiger partial charge >= 0.3 is 0 Å². The van der Waals surface area contributed by atoms with Crippen LogP contribution in [-0.4, -0.2) is 44.6 Å². The van der Waals surface area contributed by atoms with Crippen LogP contribution in [0.5, 0.6) is 5.75 Å². The molecular formula is C17H28N2O3S. The molecule has 0 saturated carbocycles. The highest BCUT2D eigenvalue weighted by Gasteiger charge is 2.30. The van der Waals surface area contributed by atoms with E-state index in [0.29, 0.717) is 12.3 Å². The van der Waals surface area contributed by atoms with Gasteiger partial charge in [0, 0.05) is 12.1 Å². The van der Waals surface area contributed by atoms with Crippen LogP contribution >= 0.6 is 0 Å². The molecule has 1 N–H and O–H groups in total. The number of sulfonamides is 1. The van der Waals surface area contributed by atoms with E-state index in [2.05, 4.69) is 23.5 Å². The first-order valence-corrected chi connectivity index (χ1v) is 9.70. The Hall–Kier alpha value is -1.11. The molecule has 6 heteroatoms. The number of rotatable bonds is 7. The number of hydrogen-bond donors (Lipinski definition) is 1. The minimum atomic E-state index is -3.50. The average Bonchev–Trinajstić information content (AvgIpc) is 3.00. The molecule has 1 heterocycles. The Morgan fingerprint density at radius 3 is 2.26 bits per heavy atom. The van der Waals surface area contributed by atoms with E-state index in [-0.39, 0.29) is 16.5 Å². The summed E-state index contributed by atoms with van der Waals surface area (Å²) in [6.07, 6.45) is 2.44. The van der Waals surface area contributed by atoms with Crippen LogP contribution in [0.15, 0.2) is 29.2 Å². The van der Waals surface area contributed by atoms with Crippen LogP contribution in [0, 0.1) is 0 Å². The number of hydrogen-bond acceptors (Lipinski definition) is 4. The van der Waals surface area contributed by atoms with E-state index in [4.69, 9.17) is 4.74 Å². The van der Waals surface area contributed by atoms with Crippen molar-refractivity contribution >= 4 is 10.0 Å². The van der Waals surface area contributed by atoms with E-state index < -0.39 is 10.0 Å². The Balaban J connectivity index is 2.00. The molecule has 0 atom stereocenters. The molecule has 0 unspecified atom stereocenters. The van der Waals surface area contributed by atoms with Crippen molar-refractivity contribution in [2.75, 3.05) is 19.6 Å². The van der Waals surface area contributed by atoms with Crippen molar-refractivity contribution in [2.24, 2.45) is 0 Å². The van der Waals surface area contributed by atoms with E-state index in [1.54, 1.807) is 24.3 Å². The van der Waals surface area contributed by atoms with Crippen molar-refractivity contribution in [3.8, 4) is 5.75 Å². The van der Waals surface area contributed by atoms with E-state index in [1.165, 1.54) is 12.8 Å². The van der Waals surface area contributed by atoms with Gasteiger partial charge in [0.15, 0.2) is 0 Å². The minimum Gasteiger partial charge on any atom is -0.491 e. The fourth-order valence-electron chi connectivity index (χ4n) is 2.76. The smallest absolute Gasteiger partial charge is 0.240 e. The largest absolute Gasteiger partial charge is 0.491 e. The lowest BCUT2D eigenvalue weighted by Crippen LogP contribution is -2.50. The van der Waals surface area contributed by atoms with E-state index >= 15 is 0 Å². The van der Waals surface area contributed by atoms with Crippen LogP contribution in [0.4, 0.5) is 0 Å². The van der Waals surface area contributed by atoms with Crippen LogP contribution in [0.25, 0.3) is 0 Å². The van der Waals surface area contributed by atoms with Crippen LogP contribution in [-0.2, 0) is 10.0 Å². The normalized spacial score (nSPS) is 16.9. The van der Waals surface area contributed by atoms with Gasteiger partial charge in [0.25, 0.3) is 0 Å². The zero-order chi connectivity index (χ0) is 17.1. The lowest BCUT2D eigenvalue weighted by molar-refractivity contribution is 0.158. The summed E-state index contributed by atoms with van der Waals surface area (Å²) < 4.78 is 33.2. The van der Waals surface area contributed by atoms with Gasteiger partial charge in [-0.25, -0.2) is 13.1 Å². The lowest BCUT2D eigenvalue weighted by Gasteiger charge is -2.35. The number of nitrogens with zero attached hydrogens (tertiary/aromatic N) is 1. The second-order valence-corrected chi connectivity index (χ2v) is 8.74. The molecule has 1 aliphatic rings. The molecule has 1 aromatic carbocycles. The maximum absolute atomic E-state index is 12.5. The minimum absolute atomic E-state index is 0.0665. The monoisotopic (exact) mass is 340 g/mol. The highest BCUT2D eigenvalue weighted by Crippen LogP contribution is 2.21. The predicted molar refractivity (Wildman–Crippen MR) is 92.3 cm³/mol. The molecule has 0 aromatic heterocycles. The Labute approximate surface area is 140 Å². The number of likely N-dealkylation sites (tertiary alicyclic amines) is 1. The summed E-state index contributed by atoms with van der Waals surface area (Å²) in [6.45, 7) is 10.5. The first kappa shape index (κ1) is 18.2. The zero-order valence-corrected chi connectivity index (χ0v) is 15.3. The van der Waals surface area contributed by atoms with Crippen molar-refractivity contribution < 1.29 is 13.2 Å². The summed E-state index contributed by atoms with van der Waals surface area (Å²) >= 11 is 0. The molecule has 1 fully saturated rings. The molecule has 23 heavy (non-hydrogen) atoms. The fraction of sp³-hybridized carbons (Fsp3) is 0.647. The standard InChI is InChI=1S/C17H28N2O3S/c1-14(2)22-15-7-9-16(10-8-15)23(20,21)18-13-17(3,4)19-11-5-6-12-19/h7-10,14,18H,5-6,11-13H2,1-4H3. The summed E-state index contributed by atoms with van der Waals surface area (Å²) in [4.78, 5) is 2.61. The molecular weight excluding hydrogens is 312 g/mol. The van der Waals surface area contributed by atoms with Gasteiger partial charge in [-0.05, 0) is 77.9 Å². The predicted octanol–water partition coefficient (Wildman–Crippen LogP) is 2.63. The van der Waals surface area contributed by atoms with E-state index in [0.717, 1.165) is 13.1 Å². The van der Waals surface area contributed by atoms with Gasteiger partial charge in [-0.3, -0.25) is 4.90 Å². The van der Waals surface area contributed by atoms with Crippen molar-refractivity contribution in [3.63, 3.8) is 0 Å². The van der Waals surface area contributed by atoms with Crippen molar-refractivity contribution in [1.82, 2.24) is 9.62 Å². The second kappa shape index (κ2) is 7.20. The summed E-state index contributed by atoms with van der Waals surface area (Å²) in [5.41, 5.74) is -0.176. The molecule has 0 bridgehead atoms. The van der Waals surface area contributed by atoms with Gasteiger partial charge in [-0.1, -0.05) is 0 Å². The van der Waals surface area contributed by atoms with Gasteiger partial charge in [-0.15, -0.1) is 0 Å². The van der Waals surface area contributed by atoms with Crippen molar-refractivity contribution in [3.05, 3.63) is 24.3 Å². The van der Waals surface area contributed by atoms with Crippen LogP contribution in [0.3, 0.4) is 0 Å². The first-order valence-electron chi connectivity index (χ1n) is 8.22. The SMILES string of the molecule is CC(C)Oc1ccc(S(=O)(=O)NCC(C)(C)N2CCCC2)cc1. The molecule has 5 nitrogen and oxygen atoms in total. The van der Waals surface area contributed by atoms with Gasteiger partial charge in [0.05, 0.1) is 11.0 Å². The Bertz CT molecular complexity index is 603. The van der Waals surface area contributed by atoms with E-state index in [1.807, 2.05) is 13.8 Å². The quantitative estimate of drug-likeness (QED) is 0.829. The van der Waals surface area contributed by atoms with Gasteiger partial charge in [0.2, 0.25) is 10.0 Å². The van der Waals surface area contributed by atoms with E-state index in [9.17, 15) is 8.42 Å². The molecule has 1 saturated heterocycles. The Morgan fingerprint density at radius 2 is 1.74 bits per heavy atom. The van der Waals surface area contributed by atoms with Crippen LogP contribution in [0.1, 0.15) is 40.5 Å². The third-order valence-corrected chi connectivity index (χ3v) is 5.58. The molecule has 1 aliphatic heterocycles. The summed E-state index contributed by atoms with van der Waals surface area (Å²) in [5, 5.41) is 0. The maximum Gasteiger partial charge on any atom is 0.240 e. The molecule has 0 radical (unpaired) electrons. The van der Waals surface area contributed by atoms with Crippen molar-refractivity contribution in [2.45, 2.75) is 57.1 Å². The Morgan fingerprint density at radius 1 is 1.17 bits per heavy atom. The highest BCUT2D eigenvalue weighted by atomic mass is 32.2. The van der Waals surface area contributed by atoms with Crippen LogP contribution in [0.2, 0.25) is 0 Å². The molecule has 0 aliphatic carbocycles. The van der Waals surface area contributed by atoms with Crippen molar-refractivity contribution in [1.29, 1.82) is 0 Å². The summed E-state index contributed by atoms with van der Waals surface area (Å²) in [7, 11) is -3.50. The maximum atomic E-state index is 12.5. The molecule has 0 spiro atoms. The summed E-state index contributed by atoms with van der Waals surface area (Å²) in [6, 6.07) is 6.56. The second-order valence-electron chi connectivity index (χ2n) is 6.97.